The van der Waals surface area contributed by atoms with E-state index in [4.69, 9.17) is 27.4 Å². The number of aliphatic hydroxyl groups excluding tert-OH is 1. The van der Waals surface area contributed by atoms with Crippen LogP contribution in [-0.2, 0) is 35.2 Å². The van der Waals surface area contributed by atoms with Crippen LogP contribution in [0.4, 0.5) is 0 Å². The molecule has 1 heterocycles. The normalized spacial score (nSPS) is 14.2. The number of nitrogens with one attached hydrogen (secondary N) is 4. The lowest BCUT2D eigenvalue weighted by Crippen LogP contribution is -2.58. The number of primary amides is 2. The SMILES string of the molecule is NC(=O)CC[C@H](NC(=O)[C@@H](N)CC(N)=O)C(=O)N[C@@H](Cc1c[nH]cn1)C(=O)N[C@@H](CO)C(=O)O. The first-order valence-corrected chi connectivity index (χ1v) is 9.99. The molecule has 12 N–H and O–H groups in total. The topological polar surface area (TPSA) is 286 Å². The van der Waals surface area contributed by atoms with Gasteiger partial charge in [-0.1, -0.05) is 0 Å². The highest BCUT2D eigenvalue weighted by Gasteiger charge is 2.31. The molecule has 34 heavy (non-hydrogen) atoms. The van der Waals surface area contributed by atoms with Crippen LogP contribution in [0.5, 0.6) is 0 Å². The van der Waals surface area contributed by atoms with E-state index in [0.717, 1.165) is 0 Å². The Kier molecular flexibility index (Phi) is 11.1. The largest absolute Gasteiger partial charge is 0.480 e. The minimum Gasteiger partial charge on any atom is -0.480 e. The predicted molar refractivity (Wildman–Crippen MR) is 113 cm³/mol. The maximum atomic E-state index is 12.9. The zero-order valence-corrected chi connectivity index (χ0v) is 18.0. The van der Waals surface area contributed by atoms with Crippen LogP contribution in [0.2, 0.25) is 0 Å². The standard InChI is InChI=1S/C18H28N8O8/c19-9(4-14(21)29)15(30)24-10(1-2-13(20)28)16(31)25-11(3-8-5-22-7-23-8)17(32)26-12(6-27)18(33)34/h5,7,9-12,27H,1-4,6,19H2,(H2,20,28)(H2,21,29)(H,22,23)(H,24,30)(H,25,31)(H,26,32)(H,33,34)/t9-,10-,11-,12-/m0/s1. The summed E-state index contributed by atoms with van der Waals surface area (Å²) in [5.41, 5.74) is 16.0. The van der Waals surface area contributed by atoms with Gasteiger partial charge in [0.05, 0.1) is 31.1 Å². The number of carboxylic acid groups (broad SMARTS) is 1. The number of imidazole rings is 1. The number of rotatable bonds is 15. The summed E-state index contributed by atoms with van der Waals surface area (Å²) in [6.07, 6.45) is 1.49. The molecule has 1 rings (SSSR count). The highest BCUT2D eigenvalue weighted by atomic mass is 16.4. The highest BCUT2D eigenvalue weighted by molar-refractivity contribution is 5.95. The molecule has 16 heteroatoms. The van der Waals surface area contributed by atoms with Gasteiger partial charge in [-0.25, -0.2) is 9.78 Å². The molecule has 0 bridgehead atoms. The summed E-state index contributed by atoms with van der Waals surface area (Å²) in [7, 11) is 0. The molecule has 5 amide bonds. The van der Waals surface area contributed by atoms with Gasteiger partial charge in [-0.05, 0) is 6.42 Å². The average molecular weight is 484 g/mol. The number of hydrogen-bond acceptors (Lipinski definition) is 9. The molecule has 0 radical (unpaired) electrons. The van der Waals surface area contributed by atoms with Gasteiger partial charge in [0, 0.05) is 19.0 Å². The number of aliphatic hydroxyl groups is 1. The quantitative estimate of drug-likeness (QED) is 0.114. The van der Waals surface area contributed by atoms with E-state index < -0.39 is 72.7 Å². The minimum absolute atomic E-state index is 0.184. The van der Waals surface area contributed by atoms with Crippen molar-refractivity contribution >= 4 is 35.5 Å². The fourth-order valence-electron chi connectivity index (χ4n) is 2.69. The lowest BCUT2D eigenvalue weighted by molar-refractivity contribution is -0.143. The van der Waals surface area contributed by atoms with Crippen LogP contribution in [-0.4, -0.2) is 86.5 Å². The van der Waals surface area contributed by atoms with Gasteiger partial charge < -0.3 is 48.3 Å². The van der Waals surface area contributed by atoms with E-state index in [-0.39, 0.29) is 19.3 Å². The zero-order chi connectivity index (χ0) is 25.8. The van der Waals surface area contributed by atoms with Gasteiger partial charge >= 0.3 is 5.97 Å². The van der Waals surface area contributed by atoms with Gasteiger partial charge in [0.2, 0.25) is 29.5 Å². The van der Waals surface area contributed by atoms with Crippen LogP contribution in [0.25, 0.3) is 0 Å². The van der Waals surface area contributed by atoms with Crippen LogP contribution in [0, 0.1) is 0 Å². The number of aromatic nitrogens is 2. The van der Waals surface area contributed by atoms with E-state index in [9.17, 15) is 28.8 Å². The third-order valence-electron chi connectivity index (χ3n) is 4.47. The van der Waals surface area contributed by atoms with Crippen molar-refractivity contribution in [2.45, 2.75) is 49.9 Å². The van der Waals surface area contributed by atoms with E-state index >= 15 is 0 Å². The number of nitrogens with two attached hydrogens (primary N) is 3. The molecule has 0 fully saturated rings. The minimum atomic E-state index is -1.64. The predicted octanol–water partition coefficient (Wildman–Crippen LogP) is -5.05. The van der Waals surface area contributed by atoms with E-state index in [1.54, 1.807) is 0 Å². The Labute approximate surface area is 193 Å². The Balaban J connectivity index is 3.05. The molecule has 0 saturated carbocycles. The van der Waals surface area contributed by atoms with Crippen molar-refractivity contribution < 1.29 is 39.0 Å². The molecule has 0 aromatic carbocycles. The van der Waals surface area contributed by atoms with Gasteiger partial charge in [0.15, 0.2) is 0 Å². The Morgan fingerprint density at radius 3 is 2.03 bits per heavy atom. The van der Waals surface area contributed by atoms with Gasteiger partial charge in [0.25, 0.3) is 0 Å². The van der Waals surface area contributed by atoms with Gasteiger partial charge in [-0.3, -0.25) is 24.0 Å². The van der Waals surface area contributed by atoms with Crippen molar-refractivity contribution in [2.75, 3.05) is 6.61 Å². The Hall–Kier alpha value is -4.05. The molecule has 188 valence electrons. The Bertz CT molecular complexity index is 891. The summed E-state index contributed by atoms with van der Waals surface area (Å²) in [4.78, 5) is 77.7. The smallest absolute Gasteiger partial charge is 0.328 e. The number of carbonyl (C=O) groups excluding carboxylic acids is 5. The third kappa shape index (κ3) is 9.61. The van der Waals surface area contributed by atoms with Crippen molar-refractivity contribution in [2.24, 2.45) is 17.2 Å². The van der Waals surface area contributed by atoms with Crippen LogP contribution in [0.1, 0.15) is 25.0 Å². The van der Waals surface area contributed by atoms with Crippen molar-refractivity contribution in [1.82, 2.24) is 25.9 Å². The van der Waals surface area contributed by atoms with Gasteiger partial charge in [-0.15, -0.1) is 0 Å². The van der Waals surface area contributed by atoms with Crippen molar-refractivity contribution in [3.05, 3.63) is 18.2 Å². The summed E-state index contributed by atoms with van der Waals surface area (Å²) in [6, 6.07) is -5.77. The van der Waals surface area contributed by atoms with Crippen molar-refractivity contribution in [3.8, 4) is 0 Å². The number of aliphatic carboxylic acids is 1. The number of hydrogen-bond donors (Lipinski definition) is 9. The zero-order valence-electron chi connectivity index (χ0n) is 18.0. The summed E-state index contributed by atoms with van der Waals surface area (Å²) in [5, 5.41) is 24.9. The first-order valence-electron chi connectivity index (χ1n) is 9.99. The first-order chi connectivity index (χ1) is 15.9. The average Bonchev–Trinajstić information content (AvgIpc) is 3.26. The number of carboxylic acids is 1. The molecule has 4 atom stereocenters. The highest BCUT2D eigenvalue weighted by Crippen LogP contribution is 2.04. The number of nitrogens with zero attached hydrogens (tertiary/aromatic N) is 1. The second-order valence-electron chi connectivity index (χ2n) is 7.25. The Morgan fingerprint density at radius 2 is 1.53 bits per heavy atom. The number of aromatic amines is 1. The molecule has 0 spiro atoms. The maximum absolute atomic E-state index is 12.9. The van der Waals surface area contributed by atoms with Crippen molar-refractivity contribution in [3.63, 3.8) is 0 Å². The monoisotopic (exact) mass is 484 g/mol. The number of carbonyl (C=O) groups is 6. The summed E-state index contributed by atoms with van der Waals surface area (Å²) in [5.74, 6) is -5.92. The summed E-state index contributed by atoms with van der Waals surface area (Å²) >= 11 is 0. The van der Waals surface area contributed by atoms with Crippen LogP contribution < -0.4 is 33.2 Å². The van der Waals surface area contributed by atoms with Gasteiger partial charge in [0.1, 0.15) is 18.1 Å². The molecule has 0 unspecified atom stereocenters. The maximum Gasteiger partial charge on any atom is 0.328 e. The fraction of sp³-hybridized carbons (Fsp3) is 0.500. The lowest BCUT2D eigenvalue weighted by Gasteiger charge is -2.24. The first kappa shape index (κ1) is 28.0. The van der Waals surface area contributed by atoms with Gasteiger partial charge in [-0.2, -0.15) is 0 Å². The molecular formula is C18H28N8O8. The number of amides is 5. The third-order valence-corrected chi connectivity index (χ3v) is 4.47. The van der Waals surface area contributed by atoms with Crippen LogP contribution >= 0.6 is 0 Å². The molecule has 1 aromatic rings. The molecule has 0 saturated heterocycles. The Morgan fingerprint density at radius 1 is 0.941 bits per heavy atom. The fourth-order valence-corrected chi connectivity index (χ4v) is 2.69. The van der Waals surface area contributed by atoms with E-state index in [1.807, 2.05) is 0 Å². The lowest BCUT2D eigenvalue weighted by atomic mass is 10.1. The van der Waals surface area contributed by atoms with E-state index in [0.29, 0.717) is 5.69 Å². The molecule has 0 aliphatic heterocycles. The second-order valence-corrected chi connectivity index (χ2v) is 7.25. The molecule has 16 nitrogen and oxygen atoms in total. The van der Waals surface area contributed by atoms with Crippen LogP contribution in [0.15, 0.2) is 12.5 Å². The van der Waals surface area contributed by atoms with Crippen molar-refractivity contribution in [1.29, 1.82) is 0 Å². The van der Waals surface area contributed by atoms with E-state index in [2.05, 4.69) is 25.9 Å². The molecule has 1 aromatic heterocycles. The number of H-pyrrole nitrogens is 1. The molecule has 0 aliphatic carbocycles. The molecule has 0 aliphatic rings. The summed E-state index contributed by atoms with van der Waals surface area (Å²) < 4.78 is 0. The van der Waals surface area contributed by atoms with E-state index in [1.165, 1.54) is 12.5 Å². The second kappa shape index (κ2) is 13.5. The molecular weight excluding hydrogens is 456 g/mol. The van der Waals surface area contributed by atoms with Crippen LogP contribution in [0.3, 0.4) is 0 Å². The summed E-state index contributed by atoms with van der Waals surface area (Å²) in [6.45, 7) is -0.904.